The van der Waals surface area contributed by atoms with Crippen LogP contribution in [0.1, 0.15) is 106 Å². The number of hydrogen-bond donors (Lipinski definition) is 0. The van der Waals surface area contributed by atoms with Gasteiger partial charge >= 0.3 is 5.97 Å². The number of rotatable bonds is 7. The van der Waals surface area contributed by atoms with Gasteiger partial charge in [0.25, 0.3) is 0 Å². The molecule has 0 aromatic carbocycles. The van der Waals surface area contributed by atoms with Crippen molar-refractivity contribution in [1.29, 1.82) is 0 Å². The van der Waals surface area contributed by atoms with Crippen LogP contribution in [0.2, 0.25) is 0 Å². The monoisotopic (exact) mass is 770 g/mol. The van der Waals surface area contributed by atoms with E-state index >= 15 is 0 Å². The highest BCUT2D eigenvalue weighted by Gasteiger charge is 2.67. The maximum absolute atomic E-state index is 11.7. The van der Waals surface area contributed by atoms with E-state index in [1.54, 1.807) is 6.92 Å². The molecule has 4 aliphatic rings. The number of carbonyl (C=O) groups excluding carboxylic acids is 1. The first-order chi connectivity index (χ1) is 17.2. The van der Waals surface area contributed by atoms with E-state index in [4.69, 9.17) is 4.74 Å². The molecule has 0 saturated heterocycles. The summed E-state index contributed by atoms with van der Waals surface area (Å²) in [5.74, 6) is 5.06. The standard InChI is InChI=1S/C31H50Br4O2/c1-8-21(17(2)3)28(34)27(33)18(4)23-9-10-24-22-15-26(32)31(35)16-20(37-19(5)36)11-14-30(31,7)25(22)12-13-29(23,24)6/h17-18,20-28H,8-16H2,1-7H3/t18-,20+,21+,22-,23+,24-,25-,26+,27-,28-,29-,30-,31+/m1/s1. The fourth-order valence-electron chi connectivity index (χ4n) is 10.2. The van der Waals surface area contributed by atoms with Crippen LogP contribution in [0.25, 0.3) is 0 Å². The second kappa shape index (κ2) is 11.6. The highest BCUT2D eigenvalue weighted by Crippen LogP contribution is 2.72. The zero-order chi connectivity index (χ0) is 27.5. The van der Waals surface area contributed by atoms with Gasteiger partial charge in [-0.2, -0.15) is 0 Å². The maximum atomic E-state index is 11.7. The minimum absolute atomic E-state index is 0.00524. The van der Waals surface area contributed by atoms with Gasteiger partial charge in [-0.15, -0.1) is 0 Å². The zero-order valence-electron chi connectivity index (χ0n) is 24.0. The molecule has 13 atom stereocenters. The van der Waals surface area contributed by atoms with Crippen molar-refractivity contribution in [1.82, 2.24) is 0 Å². The van der Waals surface area contributed by atoms with Crippen molar-refractivity contribution in [3.63, 3.8) is 0 Å². The SMILES string of the molecule is CC[C@@H](C(C)C)[C@@H](Br)[C@H](Br)[C@H](C)[C@@H]1CC[C@@H]2[C@H]3C[C@H](Br)[C@@]4(Br)C[C@@H](OC(C)=O)CC[C@]4(C)[C@@H]3CC[C@@]21C. The van der Waals surface area contributed by atoms with Gasteiger partial charge in [-0.25, -0.2) is 0 Å². The smallest absolute Gasteiger partial charge is 0.302 e. The zero-order valence-corrected chi connectivity index (χ0v) is 30.4. The second-order valence-electron chi connectivity index (χ2n) is 14.1. The van der Waals surface area contributed by atoms with Gasteiger partial charge in [0.05, 0.1) is 0 Å². The van der Waals surface area contributed by atoms with Gasteiger partial charge in [-0.05, 0) is 97.2 Å². The molecule has 0 unspecified atom stereocenters. The van der Waals surface area contributed by atoms with Crippen LogP contribution in [0.3, 0.4) is 0 Å². The lowest BCUT2D eigenvalue weighted by molar-refractivity contribution is -0.155. The normalized spacial score (nSPS) is 46.8. The minimum Gasteiger partial charge on any atom is -0.463 e. The van der Waals surface area contributed by atoms with Crippen LogP contribution >= 0.6 is 63.7 Å². The van der Waals surface area contributed by atoms with E-state index in [0.717, 1.165) is 42.9 Å². The highest BCUT2D eigenvalue weighted by atomic mass is 79.9. The molecular weight excluding hydrogens is 724 g/mol. The third kappa shape index (κ3) is 5.26. The summed E-state index contributed by atoms with van der Waals surface area (Å²) in [7, 11) is 0. The van der Waals surface area contributed by atoms with E-state index in [0.29, 0.717) is 37.7 Å². The summed E-state index contributed by atoms with van der Waals surface area (Å²) in [6, 6.07) is 0. The first-order valence-corrected chi connectivity index (χ1v) is 18.5. The van der Waals surface area contributed by atoms with E-state index in [9.17, 15) is 4.79 Å². The summed E-state index contributed by atoms with van der Waals surface area (Å²) in [4.78, 5) is 13.2. The molecule has 2 nitrogen and oxygen atoms in total. The summed E-state index contributed by atoms with van der Waals surface area (Å²) in [6.45, 7) is 16.4. The van der Waals surface area contributed by atoms with Gasteiger partial charge in [0.15, 0.2) is 0 Å². The predicted octanol–water partition coefficient (Wildman–Crippen LogP) is 10.3. The lowest BCUT2D eigenvalue weighted by Crippen LogP contribution is -2.64. The molecular formula is C31H50Br4O2. The van der Waals surface area contributed by atoms with E-state index in [1.165, 1.54) is 38.5 Å². The Morgan fingerprint density at radius 3 is 2.27 bits per heavy atom. The van der Waals surface area contributed by atoms with Gasteiger partial charge in [-0.1, -0.05) is 112 Å². The van der Waals surface area contributed by atoms with E-state index in [-0.39, 0.29) is 21.8 Å². The fourth-order valence-corrected chi connectivity index (χ4v) is 14.6. The molecule has 4 rings (SSSR count). The Morgan fingerprint density at radius 1 is 1.00 bits per heavy atom. The average Bonchev–Trinajstić information content (AvgIpc) is 3.17. The molecule has 4 aliphatic carbocycles. The lowest BCUT2D eigenvalue weighted by Gasteiger charge is -2.66. The molecule has 0 radical (unpaired) electrons. The highest BCUT2D eigenvalue weighted by molar-refractivity contribution is 9.12. The summed E-state index contributed by atoms with van der Waals surface area (Å²) >= 11 is 16.9. The molecule has 0 heterocycles. The van der Waals surface area contributed by atoms with Crippen molar-refractivity contribution >= 4 is 69.7 Å². The van der Waals surface area contributed by atoms with Gasteiger partial charge in [0.2, 0.25) is 0 Å². The quantitative estimate of drug-likeness (QED) is 0.190. The third-order valence-electron chi connectivity index (χ3n) is 12.3. The van der Waals surface area contributed by atoms with E-state index in [1.807, 2.05) is 0 Å². The van der Waals surface area contributed by atoms with Crippen molar-refractivity contribution in [2.24, 2.45) is 52.3 Å². The van der Waals surface area contributed by atoms with Crippen LogP contribution in [0.15, 0.2) is 0 Å². The molecule has 0 amide bonds. The summed E-state index contributed by atoms with van der Waals surface area (Å²) in [6.07, 6.45) is 11.1. The Kier molecular flexibility index (Phi) is 9.80. The number of ether oxygens (including phenoxy) is 1. The Labute approximate surface area is 260 Å². The number of esters is 1. The van der Waals surface area contributed by atoms with Crippen molar-refractivity contribution < 1.29 is 9.53 Å². The first-order valence-electron chi connectivity index (χ1n) is 15.0. The van der Waals surface area contributed by atoms with Crippen molar-refractivity contribution in [3.05, 3.63) is 0 Å². The Balaban J connectivity index is 1.54. The molecule has 0 aromatic heterocycles. The molecule has 0 N–H and O–H groups in total. The van der Waals surface area contributed by atoms with Crippen LogP contribution in [0.5, 0.6) is 0 Å². The Bertz CT molecular complexity index is 836. The number of fused-ring (bicyclic) bond motifs is 5. The summed E-state index contributed by atoms with van der Waals surface area (Å²) in [5.41, 5.74) is 0.666. The molecule has 214 valence electrons. The molecule has 4 fully saturated rings. The van der Waals surface area contributed by atoms with Gasteiger partial charge in [0, 0.05) is 32.2 Å². The topological polar surface area (TPSA) is 26.3 Å². The number of alkyl halides is 4. The van der Waals surface area contributed by atoms with Crippen LogP contribution in [-0.4, -0.2) is 30.9 Å². The molecule has 0 aliphatic heterocycles. The molecule has 4 saturated carbocycles. The number of carbonyl (C=O) groups is 1. The predicted molar refractivity (Wildman–Crippen MR) is 170 cm³/mol. The van der Waals surface area contributed by atoms with Gasteiger partial charge in [0.1, 0.15) is 6.10 Å². The minimum atomic E-state index is -0.140. The number of hydrogen-bond acceptors (Lipinski definition) is 2. The van der Waals surface area contributed by atoms with E-state index in [2.05, 4.69) is 105 Å². The average molecular weight is 774 g/mol. The first kappa shape index (κ1) is 31.3. The largest absolute Gasteiger partial charge is 0.463 e. The summed E-state index contributed by atoms with van der Waals surface area (Å²) in [5, 5.41) is 0. The fraction of sp³-hybridized carbons (Fsp3) is 0.968. The van der Waals surface area contributed by atoms with Gasteiger partial charge in [-0.3, -0.25) is 4.79 Å². The van der Waals surface area contributed by atoms with Crippen LogP contribution in [0, 0.1) is 52.3 Å². The van der Waals surface area contributed by atoms with E-state index < -0.39 is 0 Å². The lowest BCUT2D eigenvalue weighted by atomic mass is 9.44. The van der Waals surface area contributed by atoms with Crippen LogP contribution < -0.4 is 0 Å². The molecule has 0 spiro atoms. The maximum Gasteiger partial charge on any atom is 0.302 e. The third-order valence-corrected chi connectivity index (χ3v) is 19.2. The number of halogens is 4. The Morgan fingerprint density at radius 2 is 1.68 bits per heavy atom. The molecule has 0 aromatic rings. The van der Waals surface area contributed by atoms with Crippen LogP contribution in [-0.2, 0) is 9.53 Å². The van der Waals surface area contributed by atoms with Crippen LogP contribution in [0.4, 0.5) is 0 Å². The van der Waals surface area contributed by atoms with Crippen molar-refractivity contribution in [2.75, 3.05) is 0 Å². The molecule has 6 heteroatoms. The molecule has 0 bridgehead atoms. The Hall–Kier alpha value is 1.39. The second-order valence-corrected chi connectivity index (χ2v) is 18.8. The summed E-state index contributed by atoms with van der Waals surface area (Å²) < 4.78 is 5.74. The van der Waals surface area contributed by atoms with Crippen molar-refractivity contribution in [3.8, 4) is 0 Å². The van der Waals surface area contributed by atoms with Gasteiger partial charge < -0.3 is 4.74 Å². The molecule has 37 heavy (non-hydrogen) atoms. The van der Waals surface area contributed by atoms with Crippen molar-refractivity contribution in [2.45, 2.75) is 131 Å².